The van der Waals surface area contributed by atoms with Crippen LogP contribution in [0.5, 0.6) is 0 Å². The first-order valence-corrected chi connectivity index (χ1v) is 4.91. The third-order valence-electron chi connectivity index (χ3n) is 2.24. The van der Waals surface area contributed by atoms with Crippen LogP contribution in [0.1, 0.15) is 5.69 Å². The van der Waals surface area contributed by atoms with E-state index in [2.05, 4.69) is 9.97 Å². The van der Waals surface area contributed by atoms with Gasteiger partial charge >= 0.3 is 6.18 Å². The molecule has 0 fully saturated rings. The zero-order chi connectivity index (χ0) is 12.6. The molecule has 0 atom stereocenters. The van der Waals surface area contributed by atoms with Crippen molar-refractivity contribution in [3.05, 3.63) is 30.0 Å². The van der Waals surface area contributed by atoms with Gasteiger partial charge in [0.2, 0.25) is 0 Å². The number of hydrogen-bond acceptors (Lipinski definition) is 3. The van der Waals surface area contributed by atoms with Gasteiger partial charge in [-0.3, -0.25) is 0 Å². The van der Waals surface area contributed by atoms with Gasteiger partial charge < -0.3 is 4.90 Å². The van der Waals surface area contributed by atoms with Crippen molar-refractivity contribution >= 4 is 16.9 Å². The molecular weight excluding hydrogens is 231 g/mol. The van der Waals surface area contributed by atoms with Gasteiger partial charge in [0.1, 0.15) is 0 Å². The molecule has 3 nitrogen and oxygen atoms in total. The molecule has 0 amide bonds. The second kappa shape index (κ2) is 3.87. The smallest absolute Gasteiger partial charge is 0.361 e. The van der Waals surface area contributed by atoms with Crippen LogP contribution in [0.15, 0.2) is 24.3 Å². The maximum Gasteiger partial charge on any atom is 0.437 e. The van der Waals surface area contributed by atoms with Crippen molar-refractivity contribution in [3.63, 3.8) is 0 Å². The molecule has 17 heavy (non-hydrogen) atoms. The maximum atomic E-state index is 12.8. The zero-order valence-electron chi connectivity index (χ0n) is 9.28. The van der Waals surface area contributed by atoms with Crippen molar-refractivity contribution in [2.45, 2.75) is 6.18 Å². The van der Waals surface area contributed by atoms with Crippen molar-refractivity contribution in [1.29, 1.82) is 0 Å². The van der Waals surface area contributed by atoms with Gasteiger partial charge in [0, 0.05) is 14.1 Å². The maximum absolute atomic E-state index is 12.8. The molecule has 0 spiro atoms. The average Bonchev–Trinajstić information content (AvgIpc) is 2.26. The summed E-state index contributed by atoms with van der Waals surface area (Å²) in [5.41, 5.74) is -0.268. The van der Waals surface area contributed by atoms with Gasteiger partial charge in [0.15, 0.2) is 11.5 Å². The second-order valence-electron chi connectivity index (χ2n) is 3.78. The van der Waals surface area contributed by atoms with Crippen LogP contribution in [0.3, 0.4) is 0 Å². The molecule has 6 heteroatoms. The van der Waals surface area contributed by atoms with E-state index in [9.17, 15) is 13.2 Å². The number of fused-ring (bicyclic) bond motifs is 1. The van der Waals surface area contributed by atoms with Crippen molar-refractivity contribution < 1.29 is 13.2 Å². The summed E-state index contributed by atoms with van der Waals surface area (Å²) in [6.45, 7) is 0. The topological polar surface area (TPSA) is 29.0 Å². The molecule has 0 unspecified atom stereocenters. The van der Waals surface area contributed by atoms with Crippen molar-refractivity contribution in [1.82, 2.24) is 9.97 Å². The van der Waals surface area contributed by atoms with Gasteiger partial charge in [0.25, 0.3) is 0 Å². The van der Waals surface area contributed by atoms with E-state index >= 15 is 0 Å². The van der Waals surface area contributed by atoms with E-state index in [1.54, 1.807) is 18.2 Å². The Kier molecular flexibility index (Phi) is 2.65. The Morgan fingerprint density at radius 3 is 2.00 bits per heavy atom. The first kappa shape index (κ1) is 11.6. The lowest BCUT2D eigenvalue weighted by atomic mass is 10.2. The molecule has 1 heterocycles. The summed E-state index contributed by atoms with van der Waals surface area (Å²) in [6.07, 6.45) is -4.50. The number of para-hydroxylation sites is 2. The zero-order valence-corrected chi connectivity index (χ0v) is 9.28. The van der Waals surface area contributed by atoms with Gasteiger partial charge in [0.05, 0.1) is 11.0 Å². The number of anilines is 1. The third kappa shape index (κ3) is 2.15. The van der Waals surface area contributed by atoms with Crippen molar-refractivity contribution in [2.24, 2.45) is 0 Å². The summed E-state index contributed by atoms with van der Waals surface area (Å²) >= 11 is 0. The predicted molar refractivity (Wildman–Crippen MR) is 58.9 cm³/mol. The summed E-state index contributed by atoms with van der Waals surface area (Å²) in [6, 6.07) is 6.49. The van der Waals surface area contributed by atoms with Crippen molar-refractivity contribution in [3.8, 4) is 0 Å². The minimum atomic E-state index is -4.50. The molecule has 0 bridgehead atoms. The van der Waals surface area contributed by atoms with Crippen LogP contribution in [0.25, 0.3) is 11.0 Å². The lowest BCUT2D eigenvalue weighted by Gasteiger charge is -2.17. The summed E-state index contributed by atoms with van der Waals surface area (Å²) in [5.74, 6) is -0.170. The van der Waals surface area contributed by atoms with Gasteiger partial charge in [-0.05, 0) is 12.1 Å². The van der Waals surface area contributed by atoms with Crippen molar-refractivity contribution in [2.75, 3.05) is 19.0 Å². The summed E-state index contributed by atoms with van der Waals surface area (Å²) in [7, 11) is 3.02. The van der Waals surface area contributed by atoms with E-state index in [1.807, 2.05) is 0 Å². The Hall–Kier alpha value is -1.85. The van der Waals surface area contributed by atoms with Crippen LogP contribution >= 0.6 is 0 Å². The summed E-state index contributed by atoms with van der Waals surface area (Å²) < 4.78 is 38.4. The van der Waals surface area contributed by atoms with Gasteiger partial charge in [-0.15, -0.1) is 0 Å². The number of benzene rings is 1. The first-order valence-electron chi connectivity index (χ1n) is 4.91. The highest BCUT2D eigenvalue weighted by atomic mass is 19.4. The minimum absolute atomic E-state index is 0.170. The minimum Gasteiger partial charge on any atom is -0.361 e. The van der Waals surface area contributed by atoms with Crippen LogP contribution in [-0.2, 0) is 6.18 Å². The standard InChI is InChI=1S/C11H10F3N3/c1-17(2)10-9(11(12,13)14)15-7-5-3-4-6-8(7)16-10/h3-6H,1-2H3. The highest BCUT2D eigenvalue weighted by Gasteiger charge is 2.37. The summed E-state index contributed by atoms with van der Waals surface area (Å²) in [4.78, 5) is 8.93. The van der Waals surface area contributed by atoms with Crippen LogP contribution in [0.4, 0.5) is 19.0 Å². The molecule has 1 aromatic heterocycles. The van der Waals surface area contributed by atoms with E-state index in [-0.39, 0.29) is 11.3 Å². The Bertz CT molecular complexity index is 549. The average molecular weight is 241 g/mol. The SMILES string of the molecule is CN(C)c1nc2ccccc2nc1C(F)(F)F. The first-order chi connectivity index (χ1) is 7.89. The Morgan fingerprint density at radius 2 is 1.53 bits per heavy atom. The number of aromatic nitrogens is 2. The number of halogens is 3. The van der Waals surface area contributed by atoms with Gasteiger partial charge in [-0.1, -0.05) is 12.1 Å². The molecule has 0 radical (unpaired) electrons. The molecule has 2 rings (SSSR count). The number of alkyl halides is 3. The molecule has 1 aromatic carbocycles. The van der Waals surface area contributed by atoms with Gasteiger partial charge in [-0.2, -0.15) is 13.2 Å². The number of nitrogens with zero attached hydrogens (tertiary/aromatic N) is 3. The predicted octanol–water partition coefficient (Wildman–Crippen LogP) is 2.71. The van der Waals surface area contributed by atoms with E-state index in [0.29, 0.717) is 5.52 Å². The van der Waals surface area contributed by atoms with Crippen LogP contribution in [0.2, 0.25) is 0 Å². The van der Waals surface area contributed by atoms with E-state index in [4.69, 9.17) is 0 Å². The molecule has 2 aromatic rings. The lowest BCUT2D eigenvalue weighted by molar-refractivity contribution is -0.140. The van der Waals surface area contributed by atoms with E-state index in [1.165, 1.54) is 25.1 Å². The second-order valence-corrected chi connectivity index (χ2v) is 3.78. The molecule has 0 saturated heterocycles. The van der Waals surface area contributed by atoms with Crippen LogP contribution < -0.4 is 4.90 Å². The molecule has 0 aliphatic rings. The normalized spacial score (nSPS) is 11.8. The molecule has 90 valence electrons. The summed E-state index contributed by atoms with van der Waals surface area (Å²) in [5, 5.41) is 0. The molecule has 0 N–H and O–H groups in total. The van der Waals surface area contributed by atoms with Crippen LogP contribution in [-0.4, -0.2) is 24.1 Å². The quantitative estimate of drug-likeness (QED) is 0.768. The largest absolute Gasteiger partial charge is 0.437 e. The number of rotatable bonds is 1. The molecular formula is C11H10F3N3. The highest BCUT2D eigenvalue weighted by Crippen LogP contribution is 2.34. The molecule has 0 aliphatic carbocycles. The fourth-order valence-electron chi connectivity index (χ4n) is 1.49. The van der Waals surface area contributed by atoms with Gasteiger partial charge in [-0.25, -0.2) is 9.97 Å². The van der Waals surface area contributed by atoms with E-state index in [0.717, 1.165) is 0 Å². The lowest BCUT2D eigenvalue weighted by Crippen LogP contribution is -2.20. The molecule has 0 saturated carbocycles. The molecule has 0 aliphatic heterocycles. The Labute approximate surface area is 95.9 Å². The fourth-order valence-corrected chi connectivity index (χ4v) is 1.49. The Balaban J connectivity index is 2.75. The van der Waals surface area contributed by atoms with E-state index < -0.39 is 11.9 Å². The number of hydrogen-bond donors (Lipinski definition) is 0. The highest BCUT2D eigenvalue weighted by molar-refractivity contribution is 5.76. The monoisotopic (exact) mass is 241 g/mol. The fraction of sp³-hybridized carbons (Fsp3) is 0.273. The Morgan fingerprint density at radius 1 is 1.00 bits per heavy atom. The third-order valence-corrected chi connectivity index (χ3v) is 2.24. The van der Waals surface area contributed by atoms with Crippen LogP contribution in [0, 0.1) is 0 Å².